The van der Waals surface area contributed by atoms with Crippen LogP contribution in [0.25, 0.3) is 0 Å². The Morgan fingerprint density at radius 3 is 2.53 bits per heavy atom. The largest absolute Gasteiger partial charge is 0.480 e. The second kappa shape index (κ2) is 2.74. The Hall–Kier alpha value is -1.52. The molecule has 1 aliphatic rings. The van der Waals surface area contributed by atoms with Crippen LogP contribution in [0, 0.1) is 6.92 Å². The van der Waals surface area contributed by atoms with E-state index in [1.54, 1.807) is 13.0 Å². The van der Waals surface area contributed by atoms with Gasteiger partial charge in [0.15, 0.2) is 5.41 Å². The lowest BCUT2D eigenvalue weighted by Crippen LogP contribution is -2.28. The highest BCUT2D eigenvalue weighted by molar-refractivity contribution is 5.87. The highest BCUT2D eigenvalue weighted by Crippen LogP contribution is 2.61. The minimum Gasteiger partial charge on any atom is -0.480 e. The van der Waals surface area contributed by atoms with Gasteiger partial charge in [0.05, 0.1) is 5.69 Å². The van der Waals surface area contributed by atoms with Gasteiger partial charge in [-0.2, -0.15) is 0 Å². The van der Waals surface area contributed by atoms with E-state index in [0.717, 1.165) is 0 Å². The molecule has 0 saturated heterocycles. The van der Waals surface area contributed by atoms with Crippen molar-refractivity contribution in [3.05, 3.63) is 29.6 Å². The van der Waals surface area contributed by atoms with Crippen molar-refractivity contribution in [3.63, 3.8) is 0 Å². The fourth-order valence-electron chi connectivity index (χ4n) is 1.69. The Kier molecular flexibility index (Phi) is 1.83. The number of alkyl halides is 2. The lowest BCUT2D eigenvalue weighted by atomic mass is 10.0. The molecule has 1 aromatic rings. The first-order chi connectivity index (χ1) is 6.90. The van der Waals surface area contributed by atoms with Crippen molar-refractivity contribution in [1.29, 1.82) is 0 Å². The maximum Gasteiger partial charge on any atom is 0.322 e. The molecule has 1 saturated carbocycles. The van der Waals surface area contributed by atoms with Crippen LogP contribution in [0.4, 0.5) is 8.78 Å². The number of halogens is 2. The molecule has 0 aromatic carbocycles. The molecule has 15 heavy (non-hydrogen) atoms. The molecule has 1 fully saturated rings. The minimum atomic E-state index is -3.18. The molecule has 1 atom stereocenters. The van der Waals surface area contributed by atoms with E-state index in [1.165, 1.54) is 12.1 Å². The van der Waals surface area contributed by atoms with Crippen molar-refractivity contribution in [3.8, 4) is 0 Å². The van der Waals surface area contributed by atoms with E-state index < -0.39 is 23.7 Å². The SMILES string of the molecule is Cc1cccc(C2(C(=O)O)CC2(F)F)n1. The molecule has 0 radical (unpaired) electrons. The Bertz CT molecular complexity index is 433. The first kappa shape index (κ1) is 10.0. The van der Waals surface area contributed by atoms with Crippen LogP contribution in [0.3, 0.4) is 0 Å². The quantitative estimate of drug-likeness (QED) is 0.814. The summed E-state index contributed by atoms with van der Waals surface area (Å²) in [6, 6.07) is 4.51. The maximum absolute atomic E-state index is 13.1. The molecule has 1 aromatic heterocycles. The zero-order valence-electron chi connectivity index (χ0n) is 8.00. The minimum absolute atomic E-state index is 0.0556. The monoisotopic (exact) mass is 213 g/mol. The van der Waals surface area contributed by atoms with E-state index >= 15 is 0 Å². The Balaban J connectivity index is 2.50. The summed E-state index contributed by atoms with van der Waals surface area (Å²) in [7, 11) is 0. The highest BCUT2D eigenvalue weighted by Gasteiger charge is 2.78. The molecular formula is C10H9F2NO2. The van der Waals surface area contributed by atoms with Crippen molar-refractivity contribution >= 4 is 5.97 Å². The standard InChI is InChI=1S/C10H9F2NO2/c1-6-3-2-4-7(13-6)9(8(14)15)5-10(9,11)12/h2-4H,5H2,1H3,(H,14,15). The number of carboxylic acids is 1. The van der Waals surface area contributed by atoms with Crippen molar-refractivity contribution < 1.29 is 18.7 Å². The van der Waals surface area contributed by atoms with Gasteiger partial charge in [-0.1, -0.05) is 6.07 Å². The third-order valence-corrected chi connectivity index (χ3v) is 2.68. The molecular weight excluding hydrogens is 204 g/mol. The van der Waals surface area contributed by atoms with Crippen LogP contribution in [0.15, 0.2) is 18.2 Å². The summed E-state index contributed by atoms with van der Waals surface area (Å²) < 4.78 is 26.2. The first-order valence-electron chi connectivity index (χ1n) is 4.45. The molecule has 5 heteroatoms. The number of hydrogen-bond donors (Lipinski definition) is 1. The average Bonchev–Trinajstić information content (AvgIpc) is 2.71. The average molecular weight is 213 g/mol. The third-order valence-electron chi connectivity index (χ3n) is 2.68. The van der Waals surface area contributed by atoms with Crippen LogP contribution in [0.1, 0.15) is 17.8 Å². The third kappa shape index (κ3) is 1.22. The molecule has 80 valence electrons. The summed E-state index contributed by atoms with van der Waals surface area (Å²) in [5.74, 6) is -4.69. The number of aromatic nitrogens is 1. The summed E-state index contributed by atoms with van der Waals surface area (Å²) in [6.07, 6.45) is -0.661. The van der Waals surface area contributed by atoms with E-state index in [4.69, 9.17) is 5.11 Å². The number of nitrogens with zero attached hydrogens (tertiary/aromatic N) is 1. The second-order valence-electron chi connectivity index (χ2n) is 3.76. The van der Waals surface area contributed by atoms with Crippen LogP contribution < -0.4 is 0 Å². The number of carboxylic acid groups (broad SMARTS) is 1. The summed E-state index contributed by atoms with van der Waals surface area (Å²) in [6.45, 7) is 1.64. The number of aryl methyl sites for hydroxylation is 1. The molecule has 0 spiro atoms. The molecule has 1 aliphatic carbocycles. The van der Waals surface area contributed by atoms with Gasteiger partial charge in [-0.3, -0.25) is 9.78 Å². The van der Waals surface area contributed by atoms with Gasteiger partial charge in [-0.25, -0.2) is 8.78 Å². The van der Waals surface area contributed by atoms with E-state index in [0.29, 0.717) is 5.69 Å². The number of carbonyl (C=O) groups is 1. The fourth-order valence-corrected chi connectivity index (χ4v) is 1.69. The Morgan fingerprint density at radius 2 is 2.13 bits per heavy atom. The van der Waals surface area contributed by atoms with Crippen LogP contribution in [0.5, 0.6) is 0 Å². The predicted molar refractivity (Wildman–Crippen MR) is 47.9 cm³/mol. The zero-order chi connectivity index (χ0) is 11.3. The molecule has 1 heterocycles. The van der Waals surface area contributed by atoms with Gasteiger partial charge in [0.25, 0.3) is 5.92 Å². The number of hydrogen-bond acceptors (Lipinski definition) is 2. The molecule has 1 unspecified atom stereocenters. The van der Waals surface area contributed by atoms with Gasteiger partial charge >= 0.3 is 5.97 Å². The van der Waals surface area contributed by atoms with Crippen molar-refractivity contribution in [2.24, 2.45) is 0 Å². The van der Waals surface area contributed by atoms with Crippen molar-refractivity contribution in [2.45, 2.75) is 24.7 Å². The molecule has 0 amide bonds. The summed E-state index contributed by atoms with van der Waals surface area (Å²) >= 11 is 0. The summed E-state index contributed by atoms with van der Waals surface area (Å²) in [4.78, 5) is 14.8. The molecule has 0 bridgehead atoms. The van der Waals surface area contributed by atoms with Crippen molar-refractivity contribution in [1.82, 2.24) is 4.98 Å². The van der Waals surface area contributed by atoms with E-state index in [9.17, 15) is 13.6 Å². The topological polar surface area (TPSA) is 50.2 Å². The lowest BCUT2D eigenvalue weighted by Gasteiger charge is -2.10. The maximum atomic E-state index is 13.1. The van der Waals surface area contributed by atoms with Gasteiger partial charge in [-0.05, 0) is 19.1 Å². The molecule has 1 N–H and O–H groups in total. The van der Waals surface area contributed by atoms with Gasteiger partial charge in [0, 0.05) is 12.1 Å². The van der Waals surface area contributed by atoms with E-state index in [2.05, 4.69) is 4.98 Å². The van der Waals surface area contributed by atoms with Crippen molar-refractivity contribution in [2.75, 3.05) is 0 Å². The van der Waals surface area contributed by atoms with Crippen LogP contribution in [0.2, 0.25) is 0 Å². The zero-order valence-corrected chi connectivity index (χ0v) is 8.00. The predicted octanol–water partition coefficient (Wildman–Crippen LogP) is 1.75. The second-order valence-corrected chi connectivity index (χ2v) is 3.76. The highest BCUT2D eigenvalue weighted by atomic mass is 19.3. The van der Waals surface area contributed by atoms with Crippen LogP contribution >= 0.6 is 0 Å². The van der Waals surface area contributed by atoms with Gasteiger partial charge in [0.1, 0.15) is 0 Å². The lowest BCUT2D eigenvalue weighted by molar-refractivity contribution is -0.143. The summed E-state index contributed by atoms with van der Waals surface area (Å²) in [5, 5.41) is 8.86. The fraction of sp³-hybridized carbons (Fsp3) is 0.400. The molecule has 3 nitrogen and oxygen atoms in total. The normalized spacial score (nSPS) is 27.4. The molecule has 2 rings (SSSR count). The number of rotatable bonds is 2. The van der Waals surface area contributed by atoms with Crippen LogP contribution in [-0.4, -0.2) is 22.0 Å². The Morgan fingerprint density at radius 1 is 1.53 bits per heavy atom. The summed E-state index contributed by atoms with van der Waals surface area (Å²) in [5.41, 5.74) is -1.62. The Labute approximate surface area is 84.8 Å². The first-order valence-corrected chi connectivity index (χ1v) is 4.45. The smallest absolute Gasteiger partial charge is 0.322 e. The van der Waals surface area contributed by atoms with E-state index in [-0.39, 0.29) is 5.69 Å². The van der Waals surface area contributed by atoms with Gasteiger partial charge in [0.2, 0.25) is 0 Å². The number of pyridine rings is 1. The van der Waals surface area contributed by atoms with Gasteiger partial charge in [-0.15, -0.1) is 0 Å². The van der Waals surface area contributed by atoms with E-state index in [1.807, 2.05) is 0 Å². The van der Waals surface area contributed by atoms with Crippen LogP contribution in [-0.2, 0) is 10.2 Å². The van der Waals surface area contributed by atoms with Gasteiger partial charge < -0.3 is 5.11 Å². The number of aliphatic carboxylic acids is 1. The molecule has 0 aliphatic heterocycles.